The third kappa shape index (κ3) is 30.4. The number of hydrogen-bond acceptors (Lipinski definition) is 1. The average molecular weight is 152 g/mol. The number of hydrogen-bond donors (Lipinski definition) is 1. The van der Waals surface area contributed by atoms with Crippen molar-refractivity contribution in [3.05, 3.63) is 0 Å². The topological polar surface area (TPSA) is 68.8 Å². The Bertz CT molecular complexity index is 14.4. The summed E-state index contributed by atoms with van der Waals surface area (Å²) in [6, 6.07) is 0. The van der Waals surface area contributed by atoms with Crippen LogP contribution < -0.4 is 0 Å². The predicted octanol–water partition coefficient (Wildman–Crippen LogP) is -2.42. The van der Waals surface area contributed by atoms with Gasteiger partial charge in [-0.2, -0.15) is 0 Å². The second kappa shape index (κ2) is 17.9. The van der Waals surface area contributed by atoms with Crippen LogP contribution in [0.1, 0.15) is 0 Å². The van der Waals surface area contributed by atoms with Gasteiger partial charge in [0.05, 0.1) is 0 Å². The summed E-state index contributed by atoms with van der Waals surface area (Å²) in [7, 11) is 0. The molecule has 0 aromatic rings. The van der Waals surface area contributed by atoms with Gasteiger partial charge in [0.15, 0.2) is 0 Å². The van der Waals surface area contributed by atoms with Crippen molar-refractivity contribution < 1.29 is 28.3 Å². The summed E-state index contributed by atoms with van der Waals surface area (Å²) in [5.74, 6) is 0. The molecule has 0 unspecified atom stereocenters. The van der Waals surface area contributed by atoms with Gasteiger partial charge in [-0.1, -0.05) is 0 Å². The van der Waals surface area contributed by atoms with Gasteiger partial charge in [0.25, 0.3) is 0 Å². The van der Waals surface area contributed by atoms with Crippen LogP contribution in [0.4, 0.5) is 0 Å². The van der Waals surface area contributed by atoms with E-state index in [4.69, 9.17) is 8.15 Å². The molecule has 5 heavy (non-hydrogen) atoms. The quantitative estimate of drug-likeness (QED) is 0.392. The molecule has 0 atom stereocenters. The van der Waals surface area contributed by atoms with Crippen LogP contribution in [0, 0.1) is 0 Å². The fourth-order valence-corrected chi connectivity index (χ4v) is 0. The SMILES string of the molecule is O.[CaH2].[O]=[Ni][OH]. The molecule has 0 aromatic carbocycles. The Kier molecular flexibility index (Phi) is 57.6. The Labute approximate surface area is 65.4 Å². The van der Waals surface area contributed by atoms with E-state index in [1.54, 1.807) is 0 Å². The molecule has 0 aromatic heterocycles. The van der Waals surface area contributed by atoms with E-state index in [-0.39, 0.29) is 43.2 Å². The molecule has 0 bridgehead atoms. The van der Waals surface area contributed by atoms with Crippen molar-refractivity contribution in [3.63, 3.8) is 0 Å². The van der Waals surface area contributed by atoms with Crippen LogP contribution in [-0.2, 0) is 18.6 Å². The van der Waals surface area contributed by atoms with E-state index >= 15 is 0 Å². The van der Waals surface area contributed by atoms with Gasteiger partial charge in [-0.25, -0.2) is 0 Å². The first-order valence-electron chi connectivity index (χ1n) is 0.271. The molecule has 0 rings (SSSR count). The van der Waals surface area contributed by atoms with Crippen molar-refractivity contribution in [2.75, 3.05) is 0 Å². The Morgan fingerprint density at radius 1 is 1.60 bits per heavy atom. The third-order valence-electron chi connectivity index (χ3n) is 0. The molecule has 0 fully saturated rings. The van der Waals surface area contributed by atoms with Crippen LogP contribution in [-0.4, -0.2) is 47.5 Å². The molecule has 3 nitrogen and oxygen atoms in total. The Morgan fingerprint density at radius 3 is 1.60 bits per heavy atom. The molecule has 0 aliphatic carbocycles. The van der Waals surface area contributed by atoms with Gasteiger partial charge in [0.1, 0.15) is 0 Å². The van der Waals surface area contributed by atoms with Gasteiger partial charge in [0.2, 0.25) is 0 Å². The van der Waals surface area contributed by atoms with Crippen molar-refractivity contribution in [2.24, 2.45) is 0 Å². The first kappa shape index (κ1) is 16.1. The summed E-state index contributed by atoms with van der Waals surface area (Å²) >= 11 is -0.625. The normalized spacial score (nSPS) is 4.20. The Morgan fingerprint density at radius 2 is 1.60 bits per heavy atom. The van der Waals surface area contributed by atoms with Gasteiger partial charge in [0, 0.05) is 0 Å². The molecule has 0 amide bonds. The summed E-state index contributed by atoms with van der Waals surface area (Å²) in [5.41, 5.74) is 0. The van der Waals surface area contributed by atoms with E-state index in [2.05, 4.69) is 0 Å². The zero-order chi connectivity index (χ0) is 2.71. The van der Waals surface area contributed by atoms with Gasteiger partial charge in [-0.05, 0) is 0 Å². The molecular weight excluding hydrogens is 147 g/mol. The summed E-state index contributed by atoms with van der Waals surface area (Å²) < 4.78 is 15.4. The molecule has 0 radical (unpaired) electrons. The zero-order valence-corrected chi connectivity index (χ0v) is 2.66. The van der Waals surface area contributed by atoms with Crippen molar-refractivity contribution in [1.82, 2.24) is 0 Å². The predicted molar refractivity (Wildman–Crippen MR) is 15.1 cm³/mol. The fraction of sp³-hybridized carbons (Fsp3) is 0. The first-order chi connectivity index (χ1) is 1.41. The third-order valence-corrected chi connectivity index (χ3v) is 0. The van der Waals surface area contributed by atoms with Crippen molar-refractivity contribution in [1.29, 1.82) is 0 Å². The van der Waals surface area contributed by atoms with Crippen LogP contribution in [0.15, 0.2) is 0 Å². The van der Waals surface area contributed by atoms with Crippen molar-refractivity contribution in [3.8, 4) is 0 Å². The summed E-state index contributed by atoms with van der Waals surface area (Å²) in [4.78, 5) is 0. The molecule has 0 aliphatic rings. The van der Waals surface area contributed by atoms with Crippen molar-refractivity contribution in [2.45, 2.75) is 0 Å². The molecule has 5 heteroatoms. The minimum absolute atomic E-state index is 0. The molecule has 0 saturated heterocycles. The molecule has 0 heterocycles. The van der Waals surface area contributed by atoms with E-state index in [1.165, 1.54) is 0 Å². The van der Waals surface area contributed by atoms with Gasteiger partial charge < -0.3 is 5.48 Å². The fourth-order valence-electron chi connectivity index (χ4n) is 0. The maximum absolute atomic E-state index is 8.42. The van der Waals surface area contributed by atoms with E-state index in [1.807, 2.05) is 0 Å². The van der Waals surface area contributed by atoms with Crippen LogP contribution >= 0.6 is 0 Å². The second-order valence-electron chi connectivity index (χ2n) is 0.0577. The molecule has 35 valence electrons. The molecule has 3 N–H and O–H groups in total. The van der Waals surface area contributed by atoms with Crippen LogP contribution in [0.3, 0.4) is 0 Å². The average Bonchev–Trinajstić information content (AvgIpc) is 0.918. The molecule has 0 aliphatic heterocycles. The monoisotopic (exact) mass is 151 g/mol. The van der Waals surface area contributed by atoms with E-state index < -0.39 is 14.7 Å². The Balaban J connectivity index is -0.0000000200. The molecular formula is H5CaNiO3. The number of rotatable bonds is 0. The van der Waals surface area contributed by atoms with Crippen molar-refractivity contribution >= 4 is 37.7 Å². The van der Waals surface area contributed by atoms with Gasteiger partial charge in [-0.3, -0.25) is 0 Å². The van der Waals surface area contributed by atoms with E-state index in [0.29, 0.717) is 0 Å². The Hall–Kier alpha value is 1.47. The first-order valence-corrected chi connectivity index (χ1v) is 1.12. The summed E-state index contributed by atoms with van der Waals surface area (Å²) in [6.45, 7) is 0. The molecule has 0 saturated carbocycles. The molecule has 0 spiro atoms. The van der Waals surface area contributed by atoms with E-state index in [0.717, 1.165) is 0 Å². The van der Waals surface area contributed by atoms with Crippen LogP contribution in [0.2, 0.25) is 0 Å². The second-order valence-corrected chi connectivity index (χ2v) is 0.238. The van der Waals surface area contributed by atoms with Crippen LogP contribution in [0.5, 0.6) is 0 Å². The summed E-state index contributed by atoms with van der Waals surface area (Å²) in [5, 5.41) is 0. The van der Waals surface area contributed by atoms with Gasteiger partial charge >= 0.3 is 60.6 Å². The van der Waals surface area contributed by atoms with E-state index in [9.17, 15) is 0 Å². The zero-order valence-electron chi connectivity index (χ0n) is 1.67. The van der Waals surface area contributed by atoms with Crippen LogP contribution in [0.25, 0.3) is 0 Å². The standard InChI is InChI=1S/Ca.Ni.2H2O.O.2H/h;;2*1H2;;;/q;+1;;;;;/p-1. The summed E-state index contributed by atoms with van der Waals surface area (Å²) in [6.07, 6.45) is 0. The minimum atomic E-state index is -0.625. The van der Waals surface area contributed by atoms with Gasteiger partial charge in [-0.15, -0.1) is 0 Å². The maximum atomic E-state index is 8.42.